The Morgan fingerprint density at radius 2 is 2.00 bits per heavy atom. The fourth-order valence-corrected chi connectivity index (χ4v) is 2.85. The molecule has 1 N–H and O–H groups in total. The Morgan fingerprint density at radius 3 is 2.59 bits per heavy atom. The van der Waals surface area contributed by atoms with E-state index in [1.165, 1.54) is 32.4 Å². The molecule has 0 saturated carbocycles. The Bertz CT molecular complexity index is 217. The fourth-order valence-electron chi connectivity index (χ4n) is 2.85. The Balaban J connectivity index is 2.54. The van der Waals surface area contributed by atoms with Gasteiger partial charge in [-0.25, -0.2) is 0 Å². The second-order valence-electron chi connectivity index (χ2n) is 6.28. The third-order valence-electron chi connectivity index (χ3n) is 4.74. The molecular formula is C15H32N2. The van der Waals surface area contributed by atoms with Crippen LogP contribution < -0.4 is 5.32 Å². The summed E-state index contributed by atoms with van der Waals surface area (Å²) >= 11 is 0. The number of hydrogen-bond donors (Lipinski definition) is 1. The molecule has 2 nitrogen and oxygen atoms in total. The Kier molecular flexibility index (Phi) is 5.94. The van der Waals surface area contributed by atoms with Crippen LogP contribution in [0.3, 0.4) is 0 Å². The zero-order valence-corrected chi connectivity index (χ0v) is 12.6. The lowest BCUT2D eigenvalue weighted by molar-refractivity contribution is 0.0639. The maximum atomic E-state index is 3.53. The van der Waals surface area contributed by atoms with Crippen molar-refractivity contribution in [1.29, 1.82) is 0 Å². The van der Waals surface area contributed by atoms with Gasteiger partial charge in [0.1, 0.15) is 0 Å². The largest absolute Gasteiger partial charge is 0.316 e. The van der Waals surface area contributed by atoms with Crippen LogP contribution in [0, 0.1) is 11.3 Å². The Hall–Kier alpha value is -0.0800. The fraction of sp³-hybridized carbons (Fsp3) is 1.00. The van der Waals surface area contributed by atoms with Crippen LogP contribution in [-0.2, 0) is 0 Å². The van der Waals surface area contributed by atoms with E-state index in [0.717, 1.165) is 25.0 Å². The summed E-state index contributed by atoms with van der Waals surface area (Å²) in [6.45, 7) is 16.6. The van der Waals surface area contributed by atoms with Gasteiger partial charge in [-0.05, 0) is 50.6 Å². The Labute approximate surface area is 108 Å². The molecule has 1 aliphatic rings. The van der Waals surface area contributed by atoms with Crippen molar-refractivity contribution in [2.45, 2.75) is 59.9 Å². The van der Waals surface area contributed by atoms with E-state index in [-0.39, 0.29) is 0 Å². The third kappa shape index (κ3) is 4.26. The topological polar surface area (TPSA) is 15.3 Å². The lowest BCUT2D eigenvalue weighted by Crippen LogP contribution is -2.49. The average molecular weight is 240 g/mol. The summed E-state index contributed by atoms with van der Waals surface area (Å²) < 4.78 is 0. The van der Waals surface area contributed by atoms with Gasteiger partial charge in [0.2, 0.25) is 0 Å². The molecule has 0 bridgehead atoms. The second-order valence-corrected chi connectivity index (χ2v) is 6.28. The minimum Gasteiger partial charge on any atom is -0.316 e. The van der Waals surface area contributed by atoms with Gasteiger partial charge >= 0.3 is 0 Å². The molecule has 0 aromatic carbocycles. The number of nitrogens with zero attached hydrogens (tertiary/aromatic N) is 1. The van der Waals surface area contributed by atoms with E-state index in [1.54, 1.807) is 0 Å². The highest BCUT2D eigenvalue weighted by Crippen LogP contribution is 2.28. The van der Waals surface area contributed by atoms with Gasteiger partial charge in [0.25, 0.3) is 0 Å². The van der Waals surface area contributed by atoms with Crippen molar-refractivity contribution in [1.82, 2.24) is 10.2 Å². The van der Waals surface area contributed by atoms with Crippen molar-refractivity contribution in [2.24, 2.45) is 11.3 Å². The van der Waals surface area contributed by atoms with Gasteiger partial charge in [0, 0.05) is 19.1 Å². The molecule has 0 aromatic rings. The molecule has 17 heavy (non-hydrogen) atoms. The first-order valence-electron chi connectivity index (χ1n) is 7.47. The molecule has 0 radical (unpaired) electrons. The lowest BCUT2D eigenvalue weighted by Gasteiger charge is -2.43. The number of hydrogen-bond acceptors (Lipinski definition) is 2. The van der Waals surface area contributed by atoms with E-state index in [9.17, 15) is 0 Å². The predicted molar refractivity (Wildman–Crippen MR) is 76.4 cm³/mol. The first kappa shape index (κ1) is 15.0. The van der Waals surface area contributed by atoms with E-state index in [1.807, 2.05) is 0 Å². The highest BCUT2D eigenvalue weighted by Gasteiger charge is 2.31. The summed E-state index contributed by atoms with van der Waals surface area (Å²) in [5.74, 6) is 0.865. The quantitative estimate of drug-likeness (QED) is 0.767. The van der Waals surface area contributed by atoms with Crippen molar-refractivity contribution in [3.63, 3.8) is 0 Å². The molecule has 1 fully saturated rings. The molecule has 1 aliphatic heterocycles. The van der Waals surface area contributed by atoms with Gasteiger partial charge in [-0.2, -0.15) is 0 Å². The van der Waals surface area contributed by atoms with Gasteiger partial charge in [-0.15, -0.1) is 0 Å². The number of piperidine rings is 1. The molecule has 0 aliphatic carbocycles. The smallest absolute Gasteiger partial charge is 0.00928 e. The first-order valence-corrected chi connectivity index (χ1v) is 7.47. The summed E-state index contributed by atoms with van der Waals surface area (Å²) in [4.78, 5) is 2.72. The zero-order valence-electron chi connectivity index (χ0n) is 12.6. The molecule has 102 valence electrons. The molecule has 2 heteroatoms. The van der Waals surface area contributed by atoms with Gasteiger partial charge in [-0.3, -0.25) is 4.90 Å². The van der Waals surface area contributed by atoms with Crippen LogP contribution >= 0.6 is 0 Å². The molecule has 3 atom stereocenters. The van der Waals surface area contributed by atoms with Gasteiger partial charge in [0.05, 0.1) is 0 Å². The van der Waals surface area contributed by atoms with Gasteiger partial charge in [-0.1, -0.05) is 27.7 Å². The first-order chi connectivity index (χ1) is 8.02. The van der Waals surface area contributed by atoms with Gasteiger partial charge < -0.3 is 5.32 Å². The van der Waals surface area contributed by atoms with E-state index in [2.05, 4.69) is 44.8 Å². The normalized spacial score (nSPS) is 30.2. The summed E-state index contributed by atoms with van der Waals surface area (Å²) in [6, 6.07) is 0.760. The number of likely N-dealkylation sites (tertiary alicyclic amines) is 1. The van der Waals surface area contributed by atoms with E-state index >= 15 is 0 Å². The molecule has 3 unspecified atom stereocenters. The van der Waals surface area contributed by atoms with Crippen LogP contribution in [0.4, 0.5) is 0 Å². The maximum Gasteiger partial charge on any atom is 0.00928 e. The van der Waals surface area contributed by atoms with Crippen molar-refractivity contribution in [3.8, 4) is 0 Å². The minimum atomic E-state index is 0.432. The lowest BCUT2D eigenvalue weighted by atomic mass is 9.84. The number of nitrogens with one attached hydrogen (secondary N) is 1. The van der Waals surface area contributed by atoms with Crippen LogP contribution in [0.1, 0.15) is 53.9 Å². The summed E-state index contributed by atoms with van der Waals surface area (Å²) in [6.07, 6.45) is 4.05. The van der Waals surface area contributed by atoms with E-state index < -0.39 is 0 Å². The van der Waals surface area contributed by atoms with Crippen LogP contribution in [-0.4, -0.2) is 37.1 Å². The average Bonchev–Trinajstić information content (AvgIpc) is 2.33. The SMILES string of the molecule is CCNCC(C)(CC)CN1CCCC(C)C1C. The second kappa shape index (κ2) is 6.75. The third-order valence-corrected chi connectivity index (χ3v) is 4.74. The van der Waals surface area contributed by atoms with Crippen molar-refractivity contribution < 1.29 is 0 Å². The molecule has 1 saturated heterocycles. The maximum absolute atomic E-state index is 3.53. The Morgan fingerprint density at radius 1 is 1.29 bits per heavy atom. The van der Waals surface area contributed by atoms with E-state index in [0.29, 0.717) is 5.41 Å². The van der Waals surface area contributed by atoms with Gasteiger partial charge in [0.15, 0.2) is 0 Å². The van der Waals surface area contributed by atoms with Crippen LogP contribution in [0.5, 0.6) is 0 Å². The summed E-state index contributed by atoms with van der Waals surface area (Å²) in [7, 11) is 0. The monoisotopic (exact) mass is 240 g/mol. The highest BCUT2D eigenvalue weighted by molar-refractivity contribution is 4.85. The summed E-state index contributed by atoms with van der Waals surface area (Å²) in [5, 5.41) is 3.53. The minimum absolute atomic E-state index is 0.432. The zero-order chi connectivity index (χ0) is 12.9. The molecule has 0 spiro atoms. The van der Waals surface area contributed by atoms with Crippen LogP contribution in [0.15, 0.2) is 0 Å². The van der Waals surface area contributed by atoms with Crippen LogP contribution in [0.25, 0.3) is 0 Å². The molecule has 1 heterocycles. The number of rotatable bonds is 6. The van der Waals surface area contributed by atoms with Crippen LogP contribution in [0.2, 0.25) is 0 Å². The standard InChI is InChI=1S/C15H32N2/c1-6-15(5,11-16-7-2)12-17-10-8-9-13(3)14(17)4/h13-14,16H,6-12H2,1-5H3. The summed E-state index contributed by atoms with van der Waals surface area (Å²) in [5.41, 5.74) is 0.432. The molecule has 1 rings (SSSR count). The van der Waals surface area contributed by atoms with Crippen molar-refractivity contribution in [2.75, 3.05) is 26.2 Å². The van der Waals surface area contributed by atoms with Crippen molar-refractivity contribution >= 4 is 0 Å². The predicted octanol–water partition coefficient (Wildman–Crippen LogP) is 3.13. The molecule has 0 amide bonds. The molecule has 0 aromatic heterocycles. The highest BCUT2D eigenvalue weighted by atomic mass is 15.2. The molecular weight excluding hydrogens is 208 g/mol. The van der Waals surface area contributed by atoms with E-state index in [4.69, 9.17) is 0 Å². The van der Waals surface area contributed by atoms with Crippen molar-refractivity contribution in [3.05, 3.63) is 0 Å².